The zero-order valence-corrected chi connectivity index (χ0v) is 24.4. The lowest BCUT2D eigenvalue weighted by Gasteiger charge is -2.32. The molecule has 1 unspecified atom stereocenters. The van der Waals surface area contributed by atoms with E-state index in [0.717, 1.165) is 16.7 Å². The van der Waals surface area contributed by atoms with Crippen molar-refractivity contribution in [1.82, 2.24) is 9.62 Å². The summed E-state index contributed by atoms with van der Waals surface area (Å²) >= 11 is 1.31. The summed E-state index contributed by atoms with van der Waals surface area (Å²) < 4.78 is 28.6. The average Bonchev–Trinajstić information content (AvgIpc) is 3.40. The Balaban J connectivity index is 1.84. The van der Waals surface area contributed by atoms with Crippen LogP contribution in [0, 0.1) is 5.92 Å². The van der Waals surface area contributed by atoms with Crippen molar-refractivity contribution in [3.05, 3.63) is 109 Å². The Bertz CT molecular complexity index is 1310. The zero-order valence-electron chi connectivity index (χ0n) is 22.8. The van der Waals surface area contributed by atoms with E-state index in [0.29, 0.717) is 12.2 Å². The lowest BCUT2D eigenvalue weighted by molar-refractivity contribution is -0.123. The molecule has 0 spiro atoms. The van der Waals surface area contributed by atoms with Gasteiger partial charge in [0.1, 0.15) is 5.37 Å². The second kappa shape index (κ2) is 13.4. The van der Waals surface area contributed by atoms with E-state index in [-0.39, 0.29) is 29.3 Å². The number of allylic oxidation sites excluding steroid dienone is 6. The van der Waals surface area contributed by atoms with Gasteiger partial charge in [0.2, 0.25) is 15.9 Å². The third-order valence-corrected chi connectivity index (χ3v) is 9.64. The van der Waals surface area contributed by atoms with Gasteiger partial charge in [-0.2, -0.15) is 4.31 Å². The summed E-state index contributed by atoms with van der Waals surface area (Å²) in [5.74, 6) is 0.0663. The Morgan fingerprint density at radius 3 is 2.41 bits per heavy atom. The molecule has 1 amide bonds. The molecule has 1 aliphatic rings. The molecule has 0 bridgehead atoms. The molecule has 2 aromatic rings. The quantitative estimate of drug-likeness (QED) is 0.321. The first-order valence-corrected chi connectivity index (χ1v) is 15.4. The molecule has 0 saturated carbocycles. The molecule has 0 aliphatic carbocycles. The smallest absolute Gasteiger partial charge is 0.249 e. The maximum absolute atomic E-state index is 13.6. The number of nitrogens with one attached hydrogen (secondary N) is 1. The number of thioether (sulfide) groups is 1. The molecule has 208 valence electrons. The molecular weight excluding hydrogens is 528 g/mol. The lowest BCUT2D eigenvalue weighted by Crippen LogP contribution is -2.47. The van der Waals surface area contributed by atoms with Crippen LogP contribution in [0.2, 0.25) is 0 Å². The van der Waals surface area contributed by atoms with Gasteiger partial charge in [0.05, 0.1) is 16.5 Å². The number of amides is 1. The first-order valence-electron chi connectivity index (χ1n) is 12.9. The standard InChI is InChI=1S/C31H38N2O4S2/c1-6-8-13-24(12-7-2)25-16-18-27(19-17-25)39(36,37)33-20-21-38-30(33)29(34)32-28(23(3)22-31(4,5)35)26-14-10-9-11-15-26/h6-19,23,28,30,35H,1-2,20-22H2,3-5H3,(H,32,34)/b13-8-,24-12+/t23?,28-,30-/m0/s1. The predicted octanol–water partition coefficient (Wildman–Crippen LogP) is 5.72. The maximum atomic E-state index is 13.6. The van der Waals surface area contributed by atoms with E-state index < -0.39 is 21.0 Å². The molecule has 3 rings (SSSR count). The molecule has 3 atom stereocenters. The van der Waals surface area contributed by atoms with Gasteiger partial charge in [-0.25, -0.2) is 8.42 Å². The molecular formula is C31H38N2O4S2. The number of sulfonamides is 1. The van der Waals surface area contributed by atoms with Gasteiger partial charge >= 0.3 is 0 Å². The molecule has 0 radical (unpaired) electrons. The summed E-state index contributed by atoms with van der Waals surface area (Å²) in [5, 5.41) is 12.6. The number of carbonyl (C=O) groups is 1. The molecule has 1 fully saturated rings. The Morgan fingerprint density at radius 1 is 1.15 bits per heavy atom. The van der Waals surface area contributed by atoms with Gasteiger partial charge in [-0.3, -0.25) is 4.79 Å². The van der Waals surface area contributed by atoms with Crippen molar-refractivity contribution in [3.63, 3.8) is 0 Å². The van der Waals surface area contributed by atoms with E-state index in [1.165, 1.54) is 16.1 Å². The summed E-state index contributed by atoms with van der Waals surface area (Å²) in [6.07, 6.45) is 9.31. The normalized spacial score (nSPS) is 18.6. The minimum Gasteiger partial charge on any atom is -0.390 e. The maximum Gasteiger partial charge on any atom is 0.249 e. The minimum absolute atomic E-state index is 0.0895. The summed E-state index contributed by atoms with van der Waals surface area (Å²) in [7, 11) is -3.92. The van der Waals surface area contributed by atoms with E-state index in [9.17, 15) is 18.3 Å². The van der Waals surface area contributed by atoms with Crippen molar-refractivity contribution in [1.29, 1.82) is 0 Å². The number of benzene rings is 2. The largest absolute Gasteiger partial charge is 0.390 e. The topological polar surface area (TPSA) is 86.7 Å². The lowest BCUT2D eigenvalue weighted by atomic mass is 9.86. The van der Waals surface area contributed by atoms with Gasteiger partial charge in [0, 0.05) is 12.3 Å². The first kappa shape index (κ1) is 30.6. The zero-order chi connectivity index (χ0) is 28.6. The van der Waals surface area contributed by atoms with Gasteiger partial charge in [0.15, 0.2) is 0 Å². The summed E-state index contributed by atoms with van der Waals surface area (Å²) in [5.41, 5.74) is 1.70. The molecule has 8 heteroatoms. The van der Waals surface area contributed by atoms with Crippen molar-refractivity contribution in [2.24, 2.45) is 5.92 Å². The van der Waals surface area contributed by atoms with E-state index in [1.807, 2.05) is 49.4 Å². The molecule has 39 heavy (non-hydrogen) atoms. The molecule has 2 N–H and O–H groups in total. The molecule has 6 nitrogen and oxygen atoms in total. The highest BCUT2D eigenvalue weighted by atomic mass is 32.2. The van der Waals surface area contributed by atoms with Crippen LogP contribution in [0.5, 0.6) is 0 Å². The fourth-order valence-corrected chi connectivity index (χ4v) is 7.84. The van der Waals surface area contributed by atoms with Gasteiger partial charge in [-0.1, -0.05) is 92.9 Å². The number of hydrogen-bond donors (Lipinski definition) is 2. The molecule has 1 saturated heterocycles. The number of aliphatic hydroxyl groups is 1. The highest BCUT2D eigenvalue weighted by Crippen LogP contribution is 2.33. The summed E-state index contributed by atoms with van der Waals surface area (Å²) in [6, 6.07) is 15.8. The second-order valence-electron chi connectivity index (χ2n) is 10.2. The van der Waals surface area contributed by atoms with Crippen LogP contribution in [0.4, 0.5) is 0 Å². The highest BCUT2D eigenvalue weighted by Gasteiger charge is 2.41. The summed E-state index contributed by atoms with van der Waals surface area (Å²) in [4.78, 5) is 13.7. The first-order chi connectivity index (χ1) is 18.5. The van der Waals surface area contributed by atoms with Crippen LogP contribution in [0.25, 0.3) is 5.57 Å². The fourth-order valence-electron chi connectivity index (χ4n) is 4.75. The summed E-state index contributed by atoms with van der Waals surface area (Å²) in [6.45, 7) is 13.1. The van der Waals surface area contributed by atoms with Crippen molar-refractivity contribution in [2.45, 2.75) is 49.1 Å². The monoisotopic (exact) mass is 566 g/mol. The number of rotatable bonds is 12. The number of nitrogens with zero attached hydrogens (tertiary/aromatic N) is 1. The van der Waals surface area contributed by atoms with Crippen LogP contribution in [0.1, 0.15) is 44.4 Å². The average molecular weight is 567 g/mol. The molecule has 1 aliphatic heterocycles. The Morgan fingerprint density at radius 2 is 1.82 bits per heavy atom. The van der Waals surface area contributed by atoms with Gasteiger partial charge < -0.3 is 10.4 Å². The van der Waals surface area contributed by atoms with Gasteiger partial charge in [0.25, 0.3) is 0 Å². The van der Waals surface area contributed by atoms with Gasteiger partial charge in [-0.05, 0) is 55.0 Å². The van der Waals surface area contributed by atoms with E-state index >= 15 is 0 Å². The van der Waals surface area contributed by atoms with Crippen LogP contribution < -0.4 is 5.32 Å². The predicted molar refractivity (Wildman–Crippen MR) is 161 cm³/mol. The third-order valence-electron chi connectivity index (χ3n) is 6.42. The molecule has 1 heterocycles. The van der Waals surface area contributed by atoms with E-state index in [4.69, 9.17) is 0 Å². The Labute approximate surface area is 237 Å². The van der Waals surface area contributed by atoms with Crippen molar-refractivity contribution in [2.75, 3.05) is 12.3 Å². The van der Waals surface area contributed by atoms with Crippen LogP contribution in [0.3, 0.4) is 0 Å². The van der Waals surface area contributed by atoms with Crippen molar-refractivity contribution < 1.29 is 18.3 Å². The Kier molecular flexibility index (Phi) is 10.6. The van der Waals surface area contributed by atoms with E-state index in [1.54, 1.807) is 56.3 Å². The fraction of sp³-hybridized carbons (Fsp3) is 0.323. The molecule has 2 aromatic carbocycles. The Hall–Kier alpha value is -2.91. The van der Waals surface area contributed by atoms with Crippen LogP contribution in [-0.2, 0) is 14.8 Å². The highest BCUT2D eigenvalue weighted by molar-refractivity contribution is 8.02. The van der Waals surface area contributed by atoms with Crippen LogP contribution in [-0.4, -0.2) is 47.0 Å². The van der Waals surface area contributed by atoms with Crippen LogP contribution in [0.15, 0.2) is 103 Å². The SMILES string of the molecule is C=C/C=C\C(=C/C=C)c1ccc(S(=O)(=O)N2CCS[C@H]2C(=O)N[C@H](c2ccccc2)C(C)CC(C)(C)O)cc1. The van der Waals surface area contributed by atoms with Crippen molar-refractivity contribution >= 4 is 33.3 Å². The van der Waals surface area contributed by atoms with E-state index in [2.05, 4.69) is 18.5 Å². The number of hydrogen-bond acceptors (Lipinski definition) is 5. The molecule has 0 aromatic heterocycles. The number of carbonyl (C=O) groups excluding carboxylic acids is 1. The third kappa shape index (κ3) is 8.05. The van der Waals surface area contributed by atoms with Crippen molar-refractivity contribution in [3.8, 4) is 0 Å². The second-order valence-corrected chi connectivity index (χ2v) is 13.3. The minimum atomic E-state index is -3.92. The van der Waals surface area contributed by atoms with Gasteiger partial charge in [-0.15, -0.1) is 11.8 Å². The van der Waals surface area contributed by atoms with Crippen LogP contribution >= 0.6 is 11.8 Å².